The fraction of sp³-hybridized carbons (Fsp3) is 0.429. The highest BCUT2D eigenvalue weighted by atomic mass is 35.5. The summed E-state index contributed by atoms with van der Waals surface area (Å²) in [6.07, 6.45) is 1.43. The van der Waals surface area contributed by atoms with E-state index in [0.717, 1.165) is 5.56 Å². The number of nitrogens with one attached hydrogen (secondary N) is 1. The van der Waals surface area contributed by atoms with Gasteiger partial charge in [0.25, 0.3) is 0 Å². The number of hydrogen-bond donors (Lipinski definition) is 1. The summed E-state index contributed by atoms with van der Waals surface area (Å²) < 4.78 is 0. The van der Waals surface area contributed by atoms with Crippen LogP contribution < -0.4 is 5.69 Å². The predicted molar refractivity (Wildman–Crippen MR) is 46.0 cm³/mol. The summed E-state index contributed by atoms with van der Waals surface area (Å²) >= 11 is 5.52. The van der Waals surface area contributed by atoms with E-state index >= 15 is 0 Å². The first-order valence-electron chi connectivity index (χ1n) is 3.41. The number of aryl methyl sites for hydroxylation is 1. The standard InChI is InChI=1S/C5H5ClN2O.C2H6/c1-3-2-7-5(9)8-4(3)6;1-2/h2H,1H3,(H,7,8,9);1-2H3. The topological polar surface area (TPSA) is 45.8 Å². The minimum absolute atomic E-state index is 0.356. The lowest BCUT2D eigenvalue weighted by Gasteiger charge is -1.90. The van der Waals surface area contributed by atoms with E-state index in [1.165, 1.54) is 6.20 Å². The maximum Gasteiger partial charge on any atom is 0.346 e. The smallest absolute Gasteiger partial charge is 0.296 e. The molecule has 0 aliphatic carbocycles. The van der Waals surface area contributed by atoms with Crippen LogP contribution in [-0.2, 0) is 0 Å². The largest absolute Gasteiger partial charge is 0.346 e. The summed E-state index contributed by atoms with van der Waals surface area (Å²) in [5, 5.41) is 0.356. The molecular formula is C7H11ClN2O. The summed E-state index contributed by atoms with van der Waals surface area (Å²) in [5.74, 6) is 0. The van der Waals surface area contributed by atoms with Crippen LogP contribution in [0.4, 0.5) is 0 Å². The van der Waals surface area contributed by atoms with Crippen molar-refractivity contribution in [3.05, 3.63) is 27.4 Å². The zero-order chi connectivity index (χ0) is 8.85. The highest BCUT2D eigenvalue weighted by Gasteiger charge is 1.92. The van der Waals surface area contributed by atoms with E-state index in [0.29, 0.717) is 5.15 Å². The van der Waals surface area contributed by atoms with Crippen LogP contribution >= 0.6 is 11.6 Å². The van der Waals surface area contributed by atoms with Crippen LogP contribution in [0.1, 0.15) is 19.4 Å². The molecular weight excluding hydrogens is 164 g/mol. The van der Waals surface area contributed by atoms with Crippen LogP contribution in [0, 0.1) is 6.92 Å². The fourth-order valence-corrected chi connectivity index (χ4v) is 0.566. The lowest BCUT2D eigenvalue weighted by atomic mass is 10.4. The van der Waals surface area contributed by atoms with Gasteiger partial charge in [-0.2, -0.15) is 0 Å². The lowest BCUT2D eigenvalue weighted by Crippen LogP contribution is -2.09. The van der Waals surface area contributed by atoms with Gasteiger partial charge < -0.3 is 0 Å². The number of aromatic amines is 1. The van der Waals surface area contributed by atoms with Gasteiger partial charge in [0.2, 0.25) is 0 Å². The number of hydrogen-bond acceptors (Lipinski definition) is 2. The zero-order valence-corrected chi connectivity index (χ0v) is 7.57. The quantitative estimate of drug-likeness (QED) is 0.610. The highest BCUT2D eigenvalue weighted by Crippen LogP contribution is 2.04. The summed E-state index contributed by atoms with van der Waals surface area (Å²) in [5.41, 5.74) is 0.363. The number of nitrogens with zero attached hydrogens (tertiary/aromatic N) is 1. The summed E-state index contributed by atoms with van der Waals surface area (Å²) in [7, 11) is 0. The molecule has 0 saturated heterocycles. The highest BCUT2D eigenvalue weighted by molar-refractivity contribution is 6.30. The molecule has 0 amide bonds. The van der Waals surface area contributed by atoms with E-state index < -0.39 is 5.69 Å². The van der Waals surface area contributed by atoms with Crippen molar-refractivity contribution in [2.75, 3.05) is 0 Å². The summed E-state index contributed by atoms with van der Waals surface area (Å²) in [4.78, 5) is 16.2. The number of H-pyrrole nitrogens is 1. The molecule has 0 radical (unpaired) electrons. The third-order valence-electron chi connectivity index (χ3n) is 0.938. The fourth-order valence-electron chi connectivity index (χ4n) is 0.437. The molecule has 0 aromatic carbocycles. The Bertz CT molecular complexity index is 269. The van der Waals surface area contributed by atoms with Crippen LogP contribution in [0.25, 0.3) is 0 Å². The average Bonchev–Trinajstić information content (AvgIpc) is 2.02. The molecule has 0 spiro atoms. The van der Waals surface area contributed by atoms with Crippen LogP contribution in [0.3, 0.4) is 0 Å². The van der Waals surface area contributed by atoms with Crippen molar-refractivity contribution in [1.29, 1.82) is 0 Å². The van der Waals surface area contributed by atoms with Gasteiger partial charge in [0.05, 0.1) is 0 Å². The van der Waals surface area contributed by atoms with Crippen molar-refractivity contribution in [2.24, 2.45) is 0 Å². The van der Waals surface area contributed by atoms with Gasteiger partial charge in [-0.3, -0.25) is 4.98 Å². The first kappa shape index (κ1) is 10.2. The Hall–Kier alpha value is -0.830. The van der Waals surface area contributed by atoms with Gasteiger partial charge in [0.15, 0.2) is 0 Å². The maximum atomic E-state index is 10.4. The van der Waals surface area contributed by atoms with Gasteiger partial charge in [-0.1, -0.05) is 25.4 Å². The molecule has 11 heavy (non-hydrogen) atoms. The normalized spacial score (nSPS) is 8.36. The van der Waals surface area contributed by atoms with Gasteiger partial charge in [0.1, 0.15) is 5.15 Å². The Morgan fingerprint density at radius 2 is 2.09 bits per heavy atom. The van der Waals surface area contributed by atoms with Gasteiger partial charge in [0, 0.05) is 11.8 Å². The number of aromatic nitrogens is 2. The van der Waals surface area contributed by atoms with Crippen molar-refractivity contribution in [1.82, 2.24) is 9.97 Å². The van der Waals surface area contributed by atoms with Crippen LogP contribution in [0.2, 0.25) is 5.15 Å². The van der Waals surface area contributed by atoms with Crippen LogP contribution in [-0.4, -0.2) is 9.97 Å². The van der Waals surface area contributed by atoms with Crippen molar-refractivity contribution < 1.29 is 0 Å². The Labute approximate surface area is 70.4 Å². The molecule has 0 aliphatic rings. The van der Waals surface area contributed by atoms with E-state index in [1.807, 2.05) is 13.8 Å². The van der Waals surface area contributed by atoms with E-state index in [1.54, 1.807) is 6.92 Å². The summed E-state index contributed by atoms with van der Waals surface area (Å²) in [6, 6.07) is 0. The molecule has 0 bridgehead atoms. The predicted octanol–water partition coefficient (Wildman–Crippen LogP) is 1.76. The van der Waals surface area contributed by atoms with Gasteiger partial charge in [-0.05, 0) is 6.92 Å². The molecule has 0 atom stereocenters. The van der Waals surface area contributed by atoms with E-state index in [-0.39, 0.29) is 0 Å². The molecule has 0 aliphatic heterocycles. The molecule has 62 valence electrons. The first-order chi connectivity index (χ1) is 5.20. The lowest BCUT2D eigenvalue weighted by molar-refractivity contribution is 1.05. The second kappa shape index (κ2) is 4.91. The van der Waals surface area contributed by atoms with Crippen molar-refractivity contribution in [2.45, 2.75) is 20.8 Å². The summed E-state index contributed by atoms with van der Waals surface area (Å²) in [6.45, 7) is 5.77. The molecule has 0 saturated carbocycles. The van der Waals surface area contributed by atoms with Gasteiger partial charge in [-0.15, -0.1) is 0 Å². The number of rotatable bonds is 0. The second-order valence-corrected chi connectivity index (χ2v) is 2.06. The van der Waals surface area contributed by atoms with E-state index in [2.05, 4.69) is 9.97 Å². The third kappa shape index (κ3) is 3.18. The molecule has 1 aromatic rings. The monoisotopic (exact) mass is 174 g/mol. The molecule has 0 unspecified atom stereocenters. The maximum absolute atomic E-state index is 10.4. The van der Waals surface area contributed by atoms with Crippen LogP contribution in [0.5, 0.6) is 0 Å². The Balaban J connectivity index is 0.000000461. The minimum Gasteiger partial charge on any atom is -0.296 e. The van der Waals surface area contributed by atoms with Crippen molar-refractivity contribution >= 4 is 11.6 Å². The molecule has 1 rings (SSSR count). The van der Waals surface area contributed by atoms with Crippen molar-refractivity contribution in [3.63, 3.8) is 0 Å². The molecule has 4 heteroatoms. The zero-order valence-electron chi connectivity index (χ0n) is 6.81. The van der Waals surface area contributed by atoms with Gasteiger partial charge >= 0.3 is 5.69 Å². The molecule has 0 fully saturated rings. The molecule has 3 nitrogen and oxygen atoms in total. The molecule has 1 N–H and O–H groups in total. The minimum atomic E-state index is -0.411. The first-order valence-corrected chi connectivity index (χ1v) is 3.79. The second-order valence-electron chi connectivity index (χ2n) is 1.69. The Kier molecular flexibility index (Phi) is 4.54. The van der Waals surface area contributed by atoms with E-state index in [4.69, 9.17) is 11.6 Å². The number of halogens is 1. The molecule has 1 heterocycles. The average molecular weight is 175 g/mol. The third-order valence-corrected chi connectivity index (χ3v) is 1.33. The Morgan fingerprint density at radius 3 is 2.45 bits per heavy atom. The van der Waals surface area contributed by atoms with Crippen molar-refractivity contribution in [3.8, 4) is 0 Å². The SMILES string of the molecule is CC.Cc1cnc(=O)[nH]c1Cl. The Morgan fingerprint density at radius 1 is 1.55 bits per heavy atom. The van der Waals surface area contributed by atoms with E-state index in [9.17, 15) is 4.79 Å². The van der Waals surface area contributed by atoms with Crippen LogP contribution in [0.15, 0.2) is 11.0 Å². The van der Waals surface area contributed by atoms with Gasteiger partial charge in [-0.25, -0.2) is 9.78 Å². The molecule has 1 aromatic heterocycles.